The number of nitrogens with zero attached hydrogens (tertiary/aromatic N) is 2. The van der Waals surface area contributed by atoms with Crippen molar-refractivity contribution in [3.8, 4) is 0 Å². The van der Waals surface area contributed by atoms with Gasteiger partial charge in [0.15, 0.2) is 5.17 Å². The van der Waals surface area contributed by atoms with Gasteiger partial charge in [0.25, 0.3) is 0 Å². The van der Waals surface area contributed by atoms with E-state index < -0.39 is 17.8 Å². The predicted octanol–water partition coefficient (Wildman–Crippen LogP) is 3.42. The lowest BCUT2D eigenvalue weighted by Crippen LogP contribution is -2.40. The number of ether oxygens (including phenoxy) is 1. The zero-order valence-electron chi connectivity index (χ0n) is 12.1. The highest BCUT2D eigenvalue weighted by Crippen LogP contribution is 2.14. The van der Waals surface area contributed by atoms with Gasteiger partial charge in [-0.15, -0.1) is 0 Å². The number of aliphatic imine (C=N–C) groups is 1. The first-order valence-corrected chi connectivity index (χ1v) is 7.29. The Morgan fingerprint density at radius 1 is 1.37 bits per heavy atom. The molecule has 0 rings (SSSR count). The van der Waals surface area contributed by atoms with Crippen LogP contribution in [0.3, 0.4) is 0 Å². The van der Waals surface area contributed by atoms with E-state index in [4.69, 9.17) is 9.84 Å². The second-order valence-electron chi connectivity index (χ2n) is 4.87. The molecule has 0 unspecified atom stereocenters. The summed E-state index contributed by atoms with van der Waals surface area (Å²) in [6.07, 6.45) is 1.40. The van der Waals surface area contributed by atoms with E-state index in [-0.39, 0.29) is 5.17 Å². The zero-order valence-corrected chi connectivity index (χ0v) is 12.9. The molecule has 0 aliphatic rings. The topological polar surface area (TPSA) is 79.2 Å². The van der Waals surface area contributed by atoms with Gasteiger partial charge < -0.3 is 9.84 Å². The maximum Gasteiger partial charge on any atom is 0.433 e. The molecule has 0 aliphatic heterocycles. The van der Waals surface area contributed by atoms with Crippen molar-refractivity contribution in [1.29, 1.82) is 0 Å². The lowest BCUT2D eigenvalue weighted by molar-refractivity contribution is 0.0373. The Morgan fingerprint density at radius 2 is 1.95 bits per heavy atom. The molecule has 6 nitrogen and oxygen atoms in total. The summed E-state index contributed by atoms with van der Waals surface area (Å²) >= 11 is 1.11. The van der Waals surface area contributed by atoms with Crippen LogP contribution in [0.25, 0.3) is 0 Å². The number of amidine groups is 1. The highest BCUT2D eigenvalue weighted by molar-refractivity contribution is 8.13. The second-order valence-corrected chi connectivity index (χ2v) is 5.64. The van der Waals surface area contributed by atoms with E-state index in [0.717, 1.165) is 24.6 Å². The fourth-order valence-electron chi connectivity index (χ4n) is 1.20. The van der Waals surface area contributed by atoms with Crippen molar-refractivity contribution in [2.45, 2.75) is 46.1 Å². The van der Waals surface area contributed by atoms with Gasteiger partial charge in [-0.2, -0.15) is 4.99 Å². The minimum Gasteiger partial charge on any atom is -0.463 e. The van der Waals surface area contributed by atoms with E-state index >= 15 is 0 Å². The number of thioether (sulfide) groups is 1. The third-order valence-corrected chi connectivity index (χ3v) is 2.63. The smallest absolute Gasteiger partial charge is 0.433 e. The van der Waals surface area contributed by atoms with Gasteiger partial charge in [0.1, 0.15) is 5.60 Å². The van der Waals surface area contributed by atoms with Crippen molar-refractivity contribution in [3.05, 3.63) is 0 Å². The fourth-order valence-corrected chi connectivity index (χ4v) is 1.75. The summed E-state index contributed by atoms with van der Waals surface area (Å²) in [5.41, 5.74) is -0.631. The average molecular weight is 290 g/mol. The normalized spacial score (nSPS) is 12.2. The van der Waals surface area contributed by atoms with Crippen LogP contribution >= 0.6 is 11.8 Å². The number of amides is 2. The van der Waals surface area contributed by atoms with E-state index in [1.165, 1.54) is 4.90 Å². The molecule has 19 heavy (non-hydrogen) atoms. The molecule has 0 fully saturated rings. The first-order chi connectivity index (χ1) is 8.71. The van der Waals surface area contributed by atoms with Gasteiger partial charge in [-0.3, -0.25) is 4.90 Å². The highest BCUT2D eigenvalue weighted by atomic mass is 32.2. The number of hydrogen-bond acceptors (Lipinski definition) is 4. The van der Waals surface area contributed by atoms with E-state index in [2.05, 4.69) is 4.99 Å². The van der Waals surface area contributed by atoms with Gasteiger partial charge in [0, 0.05) is 6.54 Å². The third-order valence-electron chi connectivity index (χ3n) is 1.95. The Morgan fingerprint density at radius 3 is 2.32 bits per heavy atom. The Bertz CT molecular complexity index is 350. The minimum absolute atomic E-state index is 0.134. The number of carboxylic acid groups (broad SMARTS) is 1. The van der Waals surface area contributed by atoms with Gasteiger partial charge in [0.2, 0.25) is 0 Å². The zero-order chi connectivity index (χ0) is 15.1. The highest BCUT2D eigenvalue weighted by Gasteiger charge is 2.25. The molecule has 7 heteroatoms. The van der Waals surface area contributed by atoms with Crippen molar-refractivity contribution in [3.63, 3.8) is 0 Å². The Hall–Kier alpha value is -1.24. The van der Waals surface area contributed by atoms with Crippen LogP contribution in [0.5, 0.6) is 0 Å². The molecule has 0 heterocycles. The molecule has 0 aromatic rings. The molecule has 0 spiro atoms. The number of carbonyl (C=O) groups excluding carboxylic acids is 1. The van der Waals surface area contributed by atoms with Crippen LogP contribution in [-0.4, -0.2) is 45.8 Å². The summed E-state index contributed by atoms with van der Waals surface area (Å²) in [5.74, 6) is 0. The molecule has 0 saturated carbocycles. The van der Waals surface area contributed by atoms with Crippen LogP contribution in [-0.2, 0) is 4.74 Å². The average Bonchev–Trinajstić information content (AvgIpc) is 2.24. The van der Waals surface area contributed by atoms with Crippen LogP contribution < -0.4 is 0 Å². The monoisotopic (exact) mass is 290 g/mol. The van der Waals surface area contributed by atoms with Gasteiger partial charge in [-0.25, -0.2) is 9.59 Å². The van der Waals surface area contributed by atoms with Crippen LogP contribution in [0.4, 0.5) is 9.59 Å². The van der Waals surface area contributed by atoms with Crippen LogP contribution in [0.1, 0.15) is 40.5 Å². The standard InChI is InChI=1S/C12H22N2O4S/c1-6-7-8-14(9(19-5)13-10(15)16)11(17)18-12(2,3)4/h6-8H2,1-5H3,(H,15,16). The molecule has 110 valence electrons. The van der Waals surface area contributed by atoms with E-state index in [1.54, 1.807) is 27.0 Å². The molecule has 0 aliphatic carbocycles. The summed E-state index contributed by atoms with van der Waals surface area (Å²) in [4.78, 5) is 27.4. The first-order valence-electron chi connectivity index (χ1n) is 6.07. The van der Waals surface area contributed by atoms with E-state index in [1.807, 2.05) is 6.92 Å². The van der Waals surface area contributed by atoms with Crippen molar-refractivity contribution in [2.75, 3.05) is 12.8 Å². The molecule has 0 bridgehead atoms. The molecule has 0 saturated heterocycles. The van der Waals surface area contributed by atoms with Gasteiger partial charge >= 0.3 is 12.2 Å². The van der Waals surface area contributed by atoms with Crippen LogP contribution in [0.2, 0.25) is 0 Å². The molecule has 1 N–H and O–H groups in total. The fraction of sp³-hybridized carbons (Fsp3) is 0.750. The number of rotatable bonds is 3. The molecule has 2 amide bonds. The Labute approximate surface area is 118 Å². The SMILES string of the molecule is CCCCN(C(=O)OC(C)(C)C)C(=NC(=O)O)SC. The molecule has 0 aromatic carbocycles. The van der Waals surface area contributed by atoms with Crippen LogP contribution in [0.15, 0.2) is 4.99 Å². The molecular formula is C12H22N2O4S. The summed E-state index contributed by atoms with van der Waals surface area (Å²) in [6, 6.07) is 0. The van der Waals surface area contributed by atoms with Gasteiger partial charge in [-0.1, -0.05) is 25.1 Å². The first kappa shape index (κ1) is 17.8. The van der Waals surface area contributed by atoms with Gasteiger partial charge in [-0.05, 0) is 33.4 Å². The minimum atomic E-state index is -1.32. The van der Waals surface area contributed by atoms with E-state index in [0.29, 0.717) is 6.54 Å². The molecule has 0 atom stereocenters. The Kier molecular flexibility index (Phi) is 7.51. The quantitative estimate of drug-likeness (QED) is 0.636. The van der Waals surface area contributed by atoms with E-state index in [9.17, 15) is 9.59 Å². The number of hydrogen-bond donors (Lipinski definition) is 1. The predicted molar refractivity (Wildman–Crippen MR) is 76.8 cm³/mol. The molecular weight excluding hydrogens is 268 g/mol. The molecule has 0 aromatic heterocycles. The van der Waals surface area contributed by atoms with Gasteiger partial charge in [0.05, 0.1) is 0 Å². The largest absolute Gasteiger partial charge is 0.463 e. The third kappa shape index (κ3) is 7.71. The maximum absolute atomic E-state index is 12.1. The van der Waals surface area contributed by atoms with Crippen molar-refractivity contribution in [2.24, 2.45) is 4.99 Å². The summed E-state index contributed by atoms with van der Waals surface area (Å²) in [6.45, 7) is 7.65. The van der Waals surface area contributed by atoms with Crippen molar-refractivity contribution >= 4 is 29.1 Å². The summed E-state index contributed by atoms with van der Waals surface area (Å²) in [5, 5.41) is 8.86. The van der Waals surface area contributed by atoms with Crippen LogP contribution in [0, 0.1) is 0 Å². The second kappa shape index (κ2) is 8.04. The number of unbranched alkanes of at least 4 members (excludes halogenated alkanes) is 1. The summed E-state index contributed by atoms with van der Waals surface area (Å²) < 4.78 is 5.26. The molecule has 0 radical (unpaired) electrons. The lowest BCUT2D eigenvalue weighted by Gasteiger charge is -2.27. The number of carbonyl (C=O) groups is 2. The maximum atomic E-state index is 12.1. The lowest BCUT2D eigenvalue weighted by atomic mass is 10.2. The summed E-state index contributed by atoms with van der Waals surface area (Å²) in [7, 11) is 0. The van der Waals surface area contributed by atoms with Crippen molar-refractivity contribution < 1.29 is 19.4 Å². The Balaban J connectivity index is 5.07. The van der Waals surface area contributed by atoms with Crippen molar-refractivity contribution in [1.82, 2.24) is 4.90 Å².